The van der Waals surface area contributed by atoms with E-state index in [0.717, 1.165) is 11.1 Å². The molecule has 1 saturated heterocycles. The third-order valence-corrected chi connectivity index (χ3v) is 6.82. The van der Waals surface area contributed by atoms with Crippen molar-refractivity contribution in [3.63, 3.8) is 0 Å². The molecule has 0 saturated carbocycles. The van der Waals surface area contributed by atoms with Crippen molar-refractivity contribution in [2.45, 2.75) is 24.9 Å². The number of halogens is 2. The van der Waals surface area contributed by atoms with E-state index >= 15 is 0 Å². The first-order chi connectivity index (χ1) is 17.9. The monoisotopic (exact) mass is 497 g/mol. The van der Waals surface area contributed by atoms with Crippen LogP contribution in [0.2, 0.25) is 0 Å². The van der Waals surface area contributed by atoms with Crippen molar-refractivity contribution in [3.8, 4) is 5.75 Å². The SMILES string of the molecule is O=C(CCC1(c2ccc(OCc3ccccc3)cc2)CN(c2ccc(F)cc2)C1=O)c1ccc(F)cc1. The van der Waals surface area contributed by atoms with Crippen molar-refractivity contribution < 1.29 is 23.1 Å². The van der Waals surface area contributed by atoms with E-state index in [-0.39, 0.29) is 23.9 Å². The van der Waals surface area contributed by atoms with Crippen LogP contribution in [0.25, 0.3) is 0 Å². The molecule has 1 fully saturated rings. The van der Waals surface area contributed by atoms with Crippen LogP contribution in [-0.2, 0) is 16.8 Å². The Balaban J connectivity index is 1.35. The minimum absolute atomic E-state index is 0.126. The van der Waals surface area contributed by atoms with Gasteiger partial charge in [-0.15, -0.1) is 0 Å². The molecule has 37 heavy (non-hydrogen) atoms. The Morgan fingerprint density at radius 2 is 1.43 bits per heavy atom. The molecular weight excluding hydrogens is 472 g/mol. The van der Waals surface area contributed by atoms with Crippen LogP contribution >= 0.6 is 0 Å². The number of Topliss-reactive ketones (excluding diaryl/α,β-unsaturated/α-hetero) is 1. The molecule has 4 aromatic carbocycles. The van der Waals surface area contributed by atoms with Crippen molar-refractivity contribution in [2.75, 3.05) is 11.4 Å². The zero-order chi connectivity index (χ0) is 25.8. The summed E-state index contributed by atoms with van der Waals surface area (Å²) in [5, 5.41) is 0. The Kier molecular flexibility index (Phi) is 6.82. The normalized spacial score (nSPS) is 16.8. The summed E-state index contributed by atoms with van der Waals surface area (Å²) in [5.41, 5.74) is 1.95. The molecule has 6 heteroatoms. The second kappa shape index (κ2) is 10.3. The van der Waals surface area contributed by atoms with Crippen LogP contribution < -0.4 is 9.64 Å². The molecule has 1 atom stereocenters. The van der Waals surface area contributed by atoms with Gasteiger partial charge in [0.25, 0.3) is 0 Å². The molecule has 1 amide bonds. The van der Waals surface area contributed by atoms with E-state index in [0.29, 0.717) is 36.6 Å². The van der Waals surface area contributed by atoms with E-state index < -0.39 is 11.2 Å². The predicted octanol–water partition coefficient (Wildman–Crippen LogP) is 6.49. The number of carbonyl (C=O) groups is 2. The lowest BCUT2D eigenvalue weighted by Crippen LogP contribution is -2.64. The van der Waals surface area contributed by atoms with Gasteiger partial charge in [-0.05, 0) is 78.2 Å². The van der Waals surface area contributed by atoms with E-state index in [2.05, 4.69) is 0 Å². The lowest BCUT2D eigenvalue weighted by Gasteiger charge is -2.49. The van der Waals surface area contributed by atoms with E-state index in [1.54, 1.807) is 17.0 Å². The van der Waals surface area contributed by atoms with Crippen LogP contribution in [0.5, 0.6) is 5.75 Å². The Morgan fingerprint density at radius 3 is 2.05 bits per heavy atom. The number of ketones is 1. The number of ether oxygens (including phenoxy) is 1. The van der Waals surface area contributed by atoms with Gasteiger partial charge in [-0.25, -0.2) is 8.78 Å². The molecule has 186 valence electrons. The van der Waals surface area contributed by atoms with E-state index in [9.17, 15) is 18.4 Å². The zero-order valence-corrected chi connectivity index (χ0v) is 20.1. The molecule has 0 radical (unpaired) electrons. The van der Waals surface area contributed by atoms with E-state index in [4.69, 9.17) is 4.74 Å². The van der Waals surface area contributed by atoms with Gasteiger partial charge in [0.1, 0.15) is 24.0 Å². The van der Waals surface area contributed by atoms with Crippen LogP contribution in [0.3, 0.4) is 0 Å². The number of hydrogen-bond donors (Lipinski definition) is 0. The van der Waals surface area contributed by atoms with E-state index in [1.165, 1.54) is 36.4 Å². The summed E-state index contributed by atoms with van der Waals surface area (Å²) in [4.78, 5) is 28.0. The Labute approximate surface area is 214 Å². The number of β-lactam (4-membered cyclic amide) rings is 1. The number of anilines is 1. The maximum absolute atomic E-state index is 13.6. The lowest BCUT2D eigenvalue weighted by molar-refractivity contribution is -0.129. The number of benzene rings is 4. The average molecular weight is 498 g/mol. The molecule has 1 unspecified atom stereocenters. The van der Waals surface area contributed by atoms with Crippen LogP contribution in [0.4, 0.5) is 14.5 Å². The third-order valence-electron chi connectivity index (χ3n) is 6.82. The molecular formula is C31H25F2NO3. The highest BCUT2D eigenvalue weighted by molar-refractivity contribution is 6.09. The van der Waals surface area contributed by atoms with Gasteiger partial charge in [0.05, 0.1) is 5.41 Å². The Morgan fingerprint density at radius 1 is 0.811 bits per heavy atom. The summed E-state index contributed by atoms with van der Waals surface area (Å²) in [7, 11) is 0. The highest BCUT2D eigenvalue weighted by atomic mass is 19.1. The van der Waals surface area contributed by atoms with Gasteiger partial charge in [-0.1, -0.05) is 42.5 Å². The summed E-state index contributed by atoms with van der Waals surface area (Å²) < 4.78 is 32.6. The first kappa shape index (κ1) is 24.4. The number of carbonyl (C=O) groups excluding carboxylic acids is 2. The molecule has 1 heterocycles. The van der Waals surface area contributed by atoms with Crippen LogP contribution in [0.15, 0.2) is 103 Å². The first-order valence-corrected chi connectivity index (χ1v) is 12.1. The van der Waals surface area contributed by atoms with Crippen LogP contribution in [-0.4, -0.2) is 18.2 Å². The van der Waals surface area contributed by atoms with Crippen LogP contribution in [0.1, 0.15) is 34.3 Å². The molecule has 0 N–H and O–H groups in total. The van der Waals surface area contributed by atoms with Gasteiger partial charge >= 0.3 is 0 Å². The van der Waals surface area contributed by atoms with Gasteiger partial charge in [0.2, 0.25) is 5.91 Å². The summed E-state index contributed by atoms with van der Waals surface area (Å²) >= 11 is 0. The quantitative estimate of drug-likeness (QED) is 0.196. The predicted molar refractivity (Wildman–Crippen MR) is 138 cm³/mol. The summed E-state index contributed by atoms with van der Waals surface area (Å²) in [6, 6.07) is 28.4. The molecule has 1 aliphatic rings. The Bertz CT molecular complexity index is 1390. The zero-order valence-electron chi connectivity index (χ0n) is 20.1. The highest BCUT2D eigenvalue weighted by Crippen LogP contribution is 2.43. The molecule has 5 rings (SSSR count). The number of amides is 1. The lowest BCUT2D eigenvalue weighted by atomic mass is 9.69. The number of hydrogen-bond acceptors (Lipinski definition) is 3. The largest absolute Gasteiger partial charge is 0.489 e. The van der Waals surface area contributed by atoms with E-state index in [1.807, 2.05) is 54.6 Å². The van der Waals surface area contributed by atoms with Crippen molar-refractivity contribution in [1.29, 1.82) is 0 Å². The first-order valence-electron chi connectivity index (χ1n) is 12.1. The number of nitrogens with zero attached hydrogens (tertiary/aromatic N) is 1. The molecule has 0 aromatic heterocycles. The second-order valence-electron chi connectivity index (χ2n) is 9.18. The highest BCUT2D eigenvalue weighted by Gasteiger charge is 2.53. The van der Waals surface area contributed by atoms with Crippen molar-refractivity contribution >= 4 is 17.4 Å². The standard InChI is InChI=1S/C31H25F2NO3/c32-25-10-6-23(7-11-25)29(35)18-19-31(21-34(30(31)36)27-14-12-26(33)13-15-27)24-8-16-28(17-9-24)37-20-22-4-2-1-3-5-22/h1-17H,18-21H2. The number of rotatable bonds is 9. The summed E-state index contributed by atoms with van der Waals surface area (Å²) in [6.07, 6.45) is 0.421. The maximum Gasteiger partial charge on any atom is 0.239 e. The van der Waals surface area contributed by atoms with Gasteiger partial charge < -0.3 is 9.64 Å². The van der Waals surface area contributed by atoms with Crippen molar-refractivity contribution in [3.05, 3.63) is 131 Å². The molecule has 1 aliphatic heterocycles. The third kappa shape index (κ3) is 5.14. The molecule has 0 bridgehead atoms. The molecule has 0 spiro atoms. The maximum atomic E-state index is 13.6. The summed E-state index contributed by atoms with van der Waals surface area (Å²) in [6.45, 7) is 0.785. The fourth-order valence-corrected chi connectivity index (χ4v) is 4.67. The van der Waals surface area contributed by atoms with Gasteiger partial charge in [0, 0.05) is 24.2 Å². The second-order valence-corrected chi connectivity index (χ2v) is 9.18. The van der Waals surface area contributed by atoms with Crippen molar-refractivity contribution in [2.24, 2.45) is 0 Å². The minimum Gasteiger partial charge on any atom is -0.489 e. The molecule has 4 nitrogen and oxygen atoms in total. The fourth-order valence-electron chi connectivity index (χ4n) is 4.67. The van der Waals surface area contributed by atoms with Gasteiger partial charge in [-0.2, -0.15) is 0 Å². The van der Waals surface area contributed by atoms with Gasteiger partial charge in [-0.3, -0.25) is 9.59 Å². The summed E-state index contributed by atoms with van der Waals surface area (Å²) in [5.74, 6) is -0.419. The smallest absolute Gasteiger partial charge is 0.239 e. The topological polar surface area (TPSA) is 46.6 Å². The molecule has 4 aromatic rings. The fraction of sp³-hybridized carbons (Fsp3) is 0.161. The Hall–Kier alpha value is -4.32. The minimum atomic E-state index is -0.901. The van der Waals surface area contributed by atoms with Crippen LogP contribution in [0, 0.1) is 11.6 Å². The van der Waals surface area contributed by atoms with Gasteiger partial charge in [0.15, 0.2) is 5.78 Å². The van der Waals surface area contributed by atoms with Crippen molar-refractivity contribution in [1.82, 2.24) is 0 Å². The molecule has 0 aliphatic carbocycles. The average Bonchev–Trinajstić information content (AvgIpc) is 2.93.